The summed E-state index contributed by atoms with van der Waals surface area (Å²) in [5.41, 5.74) is 3.59. The minimum Gasteiger partial charge on any atom is -0.489 e. The maximum atomic E-state index is 8.81. The van der Waals surface area contributed by atoms with E-state index in [9.17, 15) is 0 Å². The molecule has 0 saturated carbocycles. The number of aliphatic hydroxyl groups is 1. The fourth-order valence-electron chi connectivity index (χ4n) is 2.34. The summed E-state index contributed by atoms with van der Waals surface area (Å²) in [6.07, 6.45) is 1.81. The SMILES string of the molecule is Cc1ccccc1COc1ccc(Br)cc1CNCCCCO. The second kappa shape index (κ2) is 9.71. The fourth-order valence-corrected chi connectivity index (χ4v) is 2.75. The molecule has 2 N–H and O–H groups in total. The first kappa shape index (κ1) is 18.0. The van der Waals surface area contributed by atoms with Gasteiger partial charge in [0.15, 0.2) is 0 Å². The van der Waals surface area contributed by atoms with Gasteiger partial charge in [0.05, 0.1) is 0 Å². The van der Waals surface area contributed by atoms with E-state index in [4.69, 9.17) is 9.84 Å². The van der Waals surface area contributed by atoms with Gasteiger partial charge in [0.2, 0.25) is 0 Å². The molecule has 0 aromatic heterocycles. The zero-order valence-corrected chi connectivity index (χ0v) is 15.1. The van der Waals surface area contributed by atoms with Crippen LogP contribution in [0.25, 0.3) is 0 Å². The van der Waals surface area contributed by atoms with Crippen molar-refractivity contribution in [3.8, 4) is 5.75 Å². The third-order valence-electron chi connectivity index (χ3n) is 3.74. The quantitative estimate of drug-likeness (QED) is 0.643. The molecule has 0 amide bonds. The Hall–Kier alpha value is -1.36. The molecule has 0 aliphatic rings. The molecule has 0 saturated heterocycles. The van der Waals surface area contributed by atoms with Crippen LogP contribution in [0.5, 0.6) is 5.75 Å². The zero-order valence-electron chi connectivity index (χ0n) is 13.5. The first-order valence-electron chi connectivity index (χ1n) is 7.98. The van der Waals surface area contributed by atoms with Gasteiger partial charge in [-0.1, -0.05) is 40.2 Å². The van der Waals surface area contributed by atoms with Gasteiger partial charge in [0.25, 0.3) is 0 Å². The van der Waals surface area contributed by atoms with E-state index in [1.165, 1.54) is 11.1 Å². The summed E-state index contributed by atoms with van der Waals surface area (Å²) in [6, 6.07) is 14.4. The first-order chi connectivity index (χ1) is 11.2. The van der Waals surface area contributed by atoms with Gasteiger partial charge in [0, 0.05) is 23.2 Å². The maximum absolute atomic E-state index is 8.81. The maximum Gasteiger partial charge on any atom is 0.124 e. The van der Waals surface area contributed by atoms with E-state index in [2.05, 4.69) is 46.4 Å². The number of hydrogen-bond donors (Lipinski definition) is 2. The lowest BCUT2D eigenvalue weighted by Crippen LogP contribution is -2.16. The lowest BCUT2D eigenvalue weighted by molar-refractivity contribution is 0.283. The largest absolute Gasteiger partial charge is 0.489 e. The van der Waals surface area contributed by atoms with Gasteiger partial charge >= 0.3 is 0 Å². The van der Waals surface area contributed by atoms with E-state index in [0.717, 1.165) is 41.7 Å². The normalized spacial score (nSPS) is 10.7. The smallest absolute Gasteiger partial charge is 0.124 e. The highest BCUT2D eigenvalue weighted by Crippen LogP contribution is 2.24. The van der Waals surface area contributed by atoms with Gasteiger partial charge in [-0.05, 0) is 55.6 Å². The lowest BCUT2D eigenvalue weighted by atomic mass is 10.1. The van der Waals surface area contributed by atoms with Crippen LogP contribution in [0.3, 0.4) is 0 Å². The number of rotatable bonds is 9. The van der Waals surface area contributed by atoms with Crippen LogP contribution in [0.4, 0.5) is 0 Å². The van der Waals surface area contributed by atoms with E-state index in [-0.39, 0.29) is 6.61 Å². The third-order valence-corrected chi connectivity index (χ3v) is 4.24. The van der Waals surface area contributed by atoms with Crippen molar-refractivity contribution in [2.75, 3.05) is 13.2 Å². The first-order valence-corrected chi connectivity index (χ1v) is 8.77. The molecule has 2 aromatic carbocycles. The molecule has 2 aromatic rings. The van der Waals surface area contributed by atoms with E-state index < -0.39 is 0 Å². The number of benzene rings is 2. The Bertz CT molecular complexity index is 616. The topological polar surface area (TPSA) is 41.5 Å². The average Bonchev–Trinajstić information content (AvgIpc) is 2.55. The van der Waals surface area contributed by atoms with Crippen LogP contribution in [-0.2, 0) is 13.2 Å². The molecule has 23 heavy (non-hydrogen) atoms. The lowest BCUT2D eigenvalue weighted by Gasteiger charge is -2.14. The molecule has 0 atom stereocenters. The summed E-state index contributed by atoms with van der Waals surface area (Å²) >= 11 is 3.52. The monoisotopic (exact) mass is 377 g/mol. The molecule has 0 fully saturated rings. The number of halogens is 1. The van der Waals surface area contributed by atoms with Crippen LogP contribution in [0.1, 0.15) is 29.5 Å². The van der Waals surface area contributed by atoms with E-state index in [1.54, 1.807) is 0 Å². The molecule has 3 nitrogen and oxygen atoms in total. The van der Waals surface area contributed by atoms with Crippen LogP contribution < -0.4 is 10.1 Å². The molecule has 4 heteroatoms. The molecule has 0 aliphatic carbocycles. The molecular weight excluding hydrogens is 354 g/mol. The highest BCUT2D eigenvalue weighted by atomic mass is 79.9. The van der Waals surface area contributed by atoms with Crippen molar-refractivity contribution in [1.29, 1.82) is 0 Å². The van der Waals surface area contributed by atoms with Crippen LogP contribution in [0, 0.1) is 6.92 Å². The molecule has 0 heterocycles. The van der Waals surface area contributed by atoms with Gasteiger partial charge in [-0.3, -0.25) is 0 Å². The summed E-state index contributed by atoms with van der Waals surface area (Å²) in [7, 11) is 0. The molecule has 0 radical (unpaired) electrons. The predicted molar refractivity (Wildman–Crippen MR) is 97.7 cm³/mol. The summed E-state index contributed by atoms with van der Waals surface area (Å²) in [4.78, 5) is 0. The van der Waals surface area contributed by atoms with Crippen molar-refractivity contribution in [3.05, 3.63) is 63.6 Å². The molecule has 0 aliphatic heterocycles. The van der Waals surface area contributed by atoms with Crippen LogP contribution in [0.15, 0.2) is 46.9 Å². The molecule has 2 rings (SSSR count). The van der Waals surface area contributed by atoms with Gasteiger partial charge in [-0.2, -0.15) is 0 Å². The molecule has 124 valence electrons. The third kappa shape index (κ3) is 5.98. The Kier molecular flexibility index (Phi) is 7.59. The summed E-state index contributed by atoms with van der Waals surface area (Å²) in [5, 5.41) is 12.2. The number of aliphatic hydroxyl groups excluding tert-OH is 1. The van der Waals surface area contributed by atoms with Gasteiger partial charge in [-0.15, -0.1) is 0 Å². The number of ether oxygens (including phenoxy) is 1. The van der Waals surface area contributed by atoms with Crippen LogP contribution in [-0.4, -0.2) is 18.3 Å². The fraction of sp³-hybridized carbons (Fsp3) is 0.368. The number of unbranched alkanes of at least 4 members (excludes halogenated alkanes) is 1. The summed E-state index contributed by atoms with van der Waals surface area (Å²) in [6.45, 7) is 4.58. The second-order valence-electron chi connectivity index (χ2n) is 5.57. The highest BCUT2D eigenvalue weighted by Gasteiger charge is 2.06. The van der Waals surface area contributed by atoms with Crippen molar-refractivity contribution in [3.63, 3.8) is 0 Å². The molecular formula is C19H24BrNO2. The number of aryl methyl sites for hydroxylation is 1. The van der Waals surface area contributed by atoms with E-state index >= 15 is 0 Å². The van der Waals surface area contributed by atoms with Gasteiger partial charge in [0.1, 0.15) is 12.4 Å². The van der Waals surface area contributed by atoms with Crippen molar-refractivity contribution in [2.24, 2.45) is 0 Å². The van der Waals surface area contributed by atoms with Crippen molar-refractivity contribution in [2.45, 2.75) is 32.9 Å². The van der Waals surface area contributed by atoms with Gasteiger partial charge in [-0.25, -0.2) is 0 Å². The van der Waals surface area contributed by atoms with Crippen molar-refractivity contribution in [1.82, 2.24) is 5.32 Å². The standard InChI is InChI=1S/C19H24BrNO2/c1-15-6-2-3-7-16(15)14-23-19-9-8-18(20)12-17(19)13-21-10-4-5-11-22/h2-3,6-9,12,21-22H,4-5,10-11,13-14H2,1H3. The zero-order chi connectivity index (χ0) is 16.5. The van der Waals surface area contributed by atoms with E-state index in [0.29, 0.717) is 6.61 Å². The Morgan fingerprint density at radius 2 is 1.91 bits per heavy atom. The summed E-state index contributed by atoms with van der Waals surface area (Å²) < 4.78 is 7.09. The Morgan fingerprint density at radius 1 is 1.09 bits per heavy atom. The predicted octanol–water partition coefficient (Wildman–Crippen LogP) is 4.20. The van der Waals surface area contributed by atoms with Crippen LogP contribution >= 0.6 is 15.9 Å². The van der Waals surface area contributed by atoms with Crippen molar-refractivity contribution < 1.29 is 9.84 Å². The van der Waals surface area contributed by atoms with Crippen LogP contribution in [0.2, 0.25) is 0 Å². The average molecular weight is 378 g/mol. The molecule has 0 unspecified atom stereocenters. The second-order valence-corrected chi connectivity index (χ2v) is 6.49. The van der Waals surface area contributed by atoms with E-state index in [1.807, 2.05) is 24.3 Å². The molecule has 0 bridgehead atoms. The Balaban J connectivity index is 1.96. The highest BCUT2D eigenvalue weighted by molar-refractivity contribution is 9.10. The van der Waals surface area contributed by atoms with Gasteiger partial charge < -0.3 is 15.2 Å². The Morgan fingerprint density at radius 3 is 2.70 bits per heavy atom. The number of hydrogen-bond acceptors (Lipinski definition) is 3. The molecule has 0 spiro atoms. The summed E-state index contributed by atoms with van der Waals surface area (Å²) in [5.74, 6) is 0.908. The minimum atomic E-state index is 0.253. The number of nitrogens with one attached hydrogen (secondary N) is 1. The minimum absolute atomic E-state index is 0.253. The van der Waals surface area contributed by atoms with Crippen molar-refractivity contribution >= 4 is 15.9 Å². The Labute approximate surface area is 146 Å².